The molecule has 1 aromatic heterocycles. The van der Waals surface area contributed by atoms with E-state index in [9.17, 15) is 9.59 Å². The Hall–Kier alpha value is -3.93. The lowest BCUT2D eigenvalue weighted by Crippen LogP contribution is -2.21. The summed E-state index contributed by atoms with van der Waals surface area (Å²) in [5.74, 6) is -0.212. The van der Waals surface area contributed by atoms with Gasteiger partial charge in [-0.25, -0.2) is 4.98 Å². The maximum Gasteiger partial charge on any atom is 0.253 e. The van der Waals surface area contributed by atoms with Crippen molar-refractivity contribution in [2.45, 2.75) is 5.92 Å². The lowest BCUT2D eigenvalue weighted by atomic mass is 9.95. The van der Waals surface area contributed by atoms with Crippen LogP contribution in [0, 0.1) is 0 Å². The average molecular weight is 396 g/mol. The van der Waals surface area contributed by atoms with Crippen molar-refractivity contribution < 1.29 is 9.59 Å². The van der Waals surface area contributed by atoms with E-state index < -0.39 is 5.92 Å². The van der Waals surface area contributed by atoms with E-state index in [0.717, 1.165) is 33.3 Å². The van der Waals surface area contributed by atoms with Crippen molar-refractivity contribution in [3.63, 3.8) is 0 Å². The number of fused-ring (bicyclic) bond motifs is 4. The van der Waals surface area contributed by atoms with Gasteiger partial charge in [0.2, 0.25) is 5.91 Å². The smallest absolute Gasteiger partial charge is 0.253 e. The number of primary amides is 1. The number of nitrogens with two attached hydrogens (primary N) is 1. The van der Waals surface area contributed by atoms with Crippen LogP contribution in [0.1, 0.15) is 27.4 Å². The van der Waals surface area contributed by atoms with Crippen molar-refractivity contribution in [2.24, 2.45) is 5.73 Å². The van der Waals surface area contributed by atoms with E-state index in [1.807, 2.05) is 48.5 Å². The Morgan fingerprint density at radius 2 is 1.70 bits per heavy atom. The van der Waals surface area contributed by atoms with E-state index in [2.05, 4.69) is 4.98 Å². The predicted octanol–water partition coefficient (Wildman–Crippen LogP) is 3.53. The standard InChI is InChI=1S/C24H20N4O2/c1-28(2)24(30)13-10-11-18-19(12-13)27-23(26-18)17-9-5-8-16-20(17)14-6-3-4-7-15(14)21(16)22(25)29/h3-12,21H,1-2H3,(H2,25,29)(H,26,27)/t21-/m1/s1. The molecule has 0 saturated carbocycles. The van der Waals surface area contributed by atoms with E-state index in [1.165, 1.54) is 0 Å². The molecule has 0 saturated heterocycles. The lowest BCUT2D eigenvalue weighted by Gasteiger charge is -2.09. The third-order valence-electron chi connectivity index (χ3n) is 5.62. The van der Waals surface area contributed by atoms with Crippen molar-refractivity contribution in [3.05, 3.63) is 77.4 Å². The van der Waals surface area contributed by atoms with Gasteiger partial charge in [0.1, 0.15) is 5.82 Å². The molecule has 1 atom stereocenters. The number of aromatic nitrogens is 2. The Labute approximate surface area is 173 Å². The number of benzene rings is 3. The van der Waals surface area contributed by atoms with Gasteiger partial charge in [0.25, 0.3) is 5.91 Å². The van der Waals surface area contributed by atoms with Crippen molar-refractivity contribution in [2.75, 3.05) is 14.1 Å². The molecular weight excluding hydrogens is 376 g/mol. The predicted molar refractivity (Wildman–Crippen MR) is 116 cm³/mol. The summed E-state index contributed by atoms with van der Waals surface area (Å²) in [5.41, 5.74) is 12.6. The molecule has 6 heteroatoms. The highest BCUT2D eigenvalue weighted by molar-refractivity contribution is 6.01. The third kappa shape index (κ3) is 2.61. The fraction of sp³-hybridized carbons (Fsp3) is 0.125. The van der Waals surface area contributed by atoms with E-state index in [1.54, 1.807) is 31.1 Å². The van der Waals surface area contributed by atoms with Crippen LogP contribution in [0.25, 0.3) is 33.5 Å². The van der Waals surface area contributed by atoms with Gasteiger partial charge in [-0.3, -0.25) is 9.59 Å². The lowest BCUT2D eigenvalue weighted by molar-refractivity contribution is -0.118. The Morgan fingerprint density at radius 1 is 0.967 bits per heavy atom. The van der Waals surface area contributed by atoms with Crippen LogP contribution < -0.4 is 5.73 Å². The van der Waals surface area contributed by atoms with E-state index in [-0.39, 0.29) is 11.8 Å². The molecule has 3 N–H and O–H groups in total. The molecule has 4 aromatic rings. The molecule has 0 unspecified atom stereocenters. The van der Waals surface area contributed by atoms with Gasteiger partial charge in [-0.05, 0) is 40.5 Å². The number of hydrogen-bond acceptors (Lipinski definition) is 3. The molecule has 2 amide bonds. The highest BCUT2D eigenvalue weighted by Crippen LogP contribution is 2.48. The first-order chi connectivity index (χ1) is 14.5. The Morgan fingerprint density at radius 3 is 2.47 bits per heavy atom. The van der Waals surface area contributed by atoms with Gasteiger partial charge >= 0.3 is 0 Å². The van der Waals surface area contributed by atoms with Gasteiger partial charge in [-0.2, -0.15) is 0 Å². The minimum Gasteiger partial charge on any atom is -0.369 e. The molecule has 1 heterocycles. The average Bonchev–Trinajstić information content (AvgIpc) is 3.31. The molecule has 6 nitrogen and oxygen atoms in total. The summed E-state index contributed by atoms with van der Waals surface area (Å²) in [6, 6.07) is 19.2. The number of aromatic amines is 1. The number of nitrogens with one attached hydrogen (secondary N) is 1. The number of imidazole rings is 1. The maximum absolute atomic E-state index is 12.3. The number of rotatable bonds is 3. The fourth-order valence-electron chi connectivity index (χ4n) is 4.28. The minimum atomic E-state index is -0.468. The zero-order valence-electron chi connectivity index (χ0n) is 16.6. The van der Waals surface area contributed by atoms with Gasteiger partial charge in [0.05, 0.1) is 17.0 Å². The van der Waals surface area contributed by atoms with Crippen LogP contribution in [0.4, 0.5) is 0 Å². The van der Waals surface area contributed by atoms with Crippen LogP contribution in [-0.2, 0) is 4.79 Å². The van der Waals surface area contributed by atoms with Gasteiger partial charge in [0, 0.05) is 25.2 Å². The molecule has 0 fully saturated rings. The molecule has 148 valence electrons. The first kappa shape index (κ1) is 18.1. The van der Waals surface area contributed by atoms with E-state index in [4.69, 9.17) is 10.7 Å². The number of hydrogen-bond donors (Lipinski definition) is 2. The highest BCUT2D eigenvalue weighted by Gasteiger charge is 2.34. The number of nitrogens with zero attached hydrogens (tertiary/aromatic N) is 2. The van der Waals surface area contributed by atoms with Crippen molar-refractivity contribution in [1.82, 2.24) is 14.9 Å². The molecule has 0 bridgehead atoms. The van der Waals surface area contributed by atoms with E-state index in [0.29, 0.717) is 16.9 Å². The number of amides is 2. The molecular formula is C24H20N4O2. The number of carbonyl (C=O) groups is 2. The zero-order valence-corrected chi connectivity index (χ0v) is 16.6. The van der Waals surface area contributed by atoms with Crippen LogP contribution >= 0.6 is 0 Å². The quantitative estimate of drug-likeness (QED) is 0.555. The summed E-state index contributed by atoms with van der Waals surface area (Å²) in [6.07, 6.45) is 0. The van der Waals surface area contributed by atoms with Crippen LogP contribution in [0.15, 0.2) is 60.7 Å². The molecule has 1 aliphatic carbocycles. The summed E-state index contributed by atoms with van der Waals surface area (Å²) in [6.45, 7) is 0. The van der Waals surface area contributed by atoms with Crippen LogP contribution in [-0.4, -0.2) is 40.8 Å². The Kier molecular flexibility index (Phi) is 3.96. The zero-order chi connectivity index (χ0) is 21.0. The van der Waals surface area contributed by atoms with Crippen molar-refractivity contribution in [3.8, 4) is 22.5 Å². The molecule has 0 radical (unpaired) electrons. The molecule has 0 spiro atoms. The highest BCUT2D eigenvalue weighted by atomic mass is 16.2. The largest absolute Gasteiger partial charge is 0.369 e. The van der Waals surface area contributed by atoms with Gasteiger partial charge in [-0.15, -0.1) is 0 Å². The Balaban J connectivity index is 1.70. The fourth-order valence-corrected chi connectivity index (χ4v) is 4.28. The molecule has 0 aliphatic heterocycles. The summed E-state index contributed by atoms with van der Waals surface area (Å²) >= 11 is 0. The third-order valence-corrected chi connectivity index (χ3v) is 5.62. The van der Waals surface area contributed by atoms with Crippen LogP contribution in [0.5, 0.6) is 0 Å². The van der Waals surface area contributed by atoms with Gasteiger partial charge in [0.15, 0.2) is 0 Å². The van der Waals surface area contributed by atoms with Crippen molar-refractivity contribution >= 4 is 22.8 Å². The van der Waals surface area contributed by atoms with E-state index >= 15 is 0 Å². The molecule has 1 aliphatic rings. The minimum absolute atomic E-state index is 0.0692. The summed E-state index contributed by atoms with van der Waals surface area (Å²) in [4.78, 5) is 34.2. The Bertz CT molecular complexity index is 1340. The van der Waals surface area contributed by atoms with Crippen molar-refractivity contribution in [1.29, 1.82) is 0 Å². The first-order valence-corrected chi connectivity index (χ1v) is 9.69. The van der Waals surface area contributed by atoms with Gasteiger partial charge < -0.3 is 15.6 Å². The SMILES string of the molecule is CN(C)C(=O)c1ccc2[nH]c(-c3cccc4c3-c3ccccc3[C@H]4C(N)=O)nc2c1. The first-order valence-electron chi connectivity index (χ1n) is 9.69. The topological polar surface area (TPSA) is 92.1 Å². The molecule has 3 aromatic carbocycles. The number of H-pyrrole nitrogens is 1. The second kappa shape index (κ2) is 6.56. The molecule has 30 heavy (non-hydrogen) atoms. The summed E-state index contributed by atoms with van der Waals surface area (Å²) in [7, 11) is 3.45. The van der Waals surface area contributed by atoms with Crippen LogP contribution in [0.3, 0.4) is 0 Å². The second-order valence-corrected chi connectivity index (χ2v) is 7.71. The molecule has 5 rings (SSSR count). The number of carbonyl (C=O) groups excluding carboxylic acids is 2. The monoisotopic (exact) mass is 396 g/mol. The normalized spacial score (nSPS) is 14.4. The maximum atomic E-state index is 12.3. The summed E-state index contributed by atoms with van der Waals surface area (Å²) < 4.78 is 0. The summed E-state index contributed by atoms with van der Waals surface area (Å²) in [5, 5.41) is 0. The van der Waals surface area contributed by atoms with Gasteiger partial charge in [-0.1, -0.05) is 42.5 Å². The second-order valence-electron chi connectivity index (χ2n) is 7.71. The van der Waals surface area contributed by atoms with Crippen LogP contribution in [0.2, 0.25) is 0 Å².